The summed E-state index contributed by atoms with van der Waals surface area (Å²) in [5.41, 5.74) is 4.34. The van der Waals surface area contributed by atoms with E-state index in [2.05, 4.69) is 33.4 Å². The summed E-state index contributed by atoms with van der Waals surface area (Å²) < 4.78 is 0. The number of nitrogens with one attached hydrogen (secondary N) is 1. The van der Waals surface area contributed by atoms with Crippen molar-refractivity contribution in [3.63, 3.8) is 0 Å². The van der Waals surface area contributed by atoms with E-state index in [4.69, 9.17) is 4.98 Å². The fourth-order valence-corrected chi connectivity index (χ4v) is 3.10. The van der Waals surface area contributed by atoms with Crippen molar-refractivity contribution in [3.05, 3.63) is 36.2 Å². The Morgan fingerprint density at radius 1 is 1.25 bits per heavy atom. The summed E-state index contributed by atoms with van der Waals surface area (Å²) in [6.07, 6.45) is 4.41. The summed E-state index contributed by atoms with van der Waals surface area (Å²) in [7, 11) is 0. The van der Waals surface area contributed by atoms with E-state index in [0.717, 1.165) is 35.9 Å². The zero-order chi connectivity index (χ0) is 13.5. The maximum absolute atomic E-state index is 4.80. The maximum atomic E-state index is 4.80. The average Bonchev–Trinajstić information content (AvgIpc) is 2.48. The highest BCUT2D eigenvalue weighted by Crippen LogP contribution is 2.34. The van der Waals surface area contributed by atoms with Crippen LogP contribution in [0.3, 0.4) is 0 Å². The van der Waals surface area contributed by atoms with E-state index in [9.17, 15) is 0 Å². The fourth-order valence-electron chi connectivity index (χ4n) is 3.10. The molecule has 0 radical (unpaired) electrons. The zero-order valence-corrected chi connectivity index (χ0v) is 11.6. The van der Waals surface area contributed by atoms with Crippen LogP contribution in [0.15, 0.2) is 30.5 Å². The predicted molar refractivity (Wildman–Crippen MR) is 81.1 cm³/mol. The molecule has 2 aliphatic heterocycles. The van der Waals surface area contributed by atoms with E-state index in [0.29, 0.717) is 6.04 Å². The molecule has 1 fully saturated rings. The molecule has 102 valence electrons. The van der Waals surface area contributed by atoms with Crippen molar-refractivity contribution in [2.75, 3.05) is 23.3 Å². The van der Waals surface area contributed by atoms with Crippen LogP contribution in [0.1, 0.15) is 18.5 Å². The first-order valence-corrected chi connectivity index (χ1v) is 7.25. The maximum Gasteiger partial charge on any atom is 0.150 e. The minimum atomic E-state index is 0.551. The molecule has 2 aromatic rings. The van der Waals surface area contributed by atoms with Gasteiger partial charge in [-0.2, -0.15) is 0 Å². The van der Waals surface area contributed by atoms with Gasteiger partial charge in [0.15, 0.2) is 5.82 Å². The first kappa shape index (κ1) is 11.7. The summed E-state index contributed by atoms with van der Waals surface area (Å²) in [5, 5.41) is 3.58. The van der Waals surface area contributed by atoms with Gasteiger partial charge in [-0.05, 0) is 44.0 Å². The third-order valence-electron chi connectivity index (χ3n) is 4.18. The van der Waals surface area contributed by atoms with Crippen molar-refractivity contribution >= 4 is 11.5 Å². The topological polar surface area (TPSA) is 41.1 Å². The molecule has 2 bridgehead atoms. The molecule has 1 saturated heterocycles. The van der Waals surface area contributed by atoms with E-state index < -0.39 is 0 Å². The van der Waals surface area contributed by atoms with Gasteiger partial charge in [0, 0.05) is 36.6 Å². The second-order valence-corrected chi connectivity index (χ2v) is 5.68. The largest absolute Gasteiger partial charge is 0.366 e. The minimum Gasteiger partial charge on any atom is -0.366 e. The van der Waals surface area contributed by atoms with Crippen LogP contribution >= 0.6 is 0 Å². The molecule has 0 spiro atoms. The number of aryl methyl sites for hydroxylation is 1. The number of pyridine rings is 2. The molecule has 0 saturated carbocycles. The van der Waals surface area contributed by atoms with E-state index in [1.807, 2.05) is 19.2 Å². The third kappa shape index (κ3) is 1.92. The van der Waals surface area contributed by atoms with E-state index in [-0.39, 0.29) is 0 Å². The van der Waals surface area contributed by atoms with Crippen LogP contribution in [-0.2, 0) is 0 Å². The molecule has 4 heteroatoms. The Labute approximate surface area is 118 Å². The van der Waals surface area contributed by atoms with E-state index >= 15 is 0 Å². The summed E-state index contributed by atoms with van der Waals surface area (Å²) in [6, 6.07) is 8.95. The smallest absolute Gasteiger partial charge is 0.150 e. The molecule has 4 nitrogen and oxygen atoms in total. The van der Waals surface area contributed by atoms with Crippen LogP contribution in [0.4, 0.5) is 11.5 Å². The van der Waals surface area contributed by atoms with Crippen LogP contribution in [-0.4, -0.2) is 29.1 Å². The molecule has 4 heterocycles. The second-order valence-electron chi connectivity index (χ2n) is 5.68. The quantitative estimate of drug-likeness (QED) is 0.861. The van der Waals surface area contributed by atoms with E-state index in [1.54, 1.807) is 0 Å². The molecule has 0 aromatic carbocycles. The first-order valence-electron chi connectivity index (χ1n) is 7.25. The summed E-state index contributed by atoms with van der Waals surface area (Å²) in [5.74, 6) is 1.03. The van der Waals surface area contributed by atoms with Crippen LogP contribution < -0.4 is 10.2 Å². The standard InChI is InChI=1S/C16H18N4/c1-11-4-5-12(9-17-11)14-6-7-15-16(19-14)18-13-3-2-8-20(15)10-13/h4-7,9,13H,2-3,8,10H2,1H3,(H,18,19)/t13-/m0/s1. The Hall–Kier alpha value is -2.10. The number of fused-ring (bicyclic) bond motifs is 4. The first-order chi connectivity index (χ1) is 9.79. The molecule has 4 rings (SSSR count). The van der Waals surface area contributed by atoms with Gasteiger partial charge in [0.25, 0.3) is 0 Å². The van der Waals surface area contributed by atoms with Crippen LogP contribution in [0, 0.1) is 6.92 Å². The van der Waals surface area contributed by atoms with Gasteiger partial charge in [0.05, 0.1) is 11.4 Å². The number of nitrogens with zero attached hydrogens (tertiary/aromatic N) is 3. The Bertz CT molecular complexity index is 635. The number of aromatic nitrogens is 2. The number of hydrogen-bond acceptors (Lipinski definition) is 4. The lowest BCUT2D eigenvalue weighted by Gasteiger charge is -2.40. The highest BCUT2D eigenvalue weighted by Gasteiger charge is 2.28. The van der Waals surface area contributed by atoms with Crippen LogP contribution in [0.25, 0.3) is 11.3 Å². The zero-order valence-electron chi connectivity index (χ0n) is 11.6. The second kappa shape index (κ2) is 4.47. The molecule has 0 aliphatic carbocycles. The number of anilines is 2. The van der Waals surface area contributed by atoms with Gasteiger partial charge >= 0.3 is 0 Å². The molecule has 2 aliphatic rings. The lowest BCUT2D eigenvalue weighted by atomic mass is 10.0. The molecule has 1 atom stereocenters. The van der Waals surface area contributed by atoms with Gasteiger partial charge in [-0.1, -0.05) is 0 Å². The molecular weight excluding hydrogens is 248 g/mol. The SMILES string of the molecule is Cc1ccc(-c2ccc3c(n2)N[C@H]2CCCN3C2)cn1. The minimum absolute atomic E-state index is 0.551. The molecular formula is C16H18N4. The monoisotopic (exact) mass is 266 g/mol. The molecule has 0 unspecified atom stereocenters. The van der Waals surface area contributed by atoms with Crippen molar-refractivity contribution in [3.8, 4) is 11.3 Å². The summed E-state index contributed by atoms with van der Waals surface area (Å²) in [4.78, 5) is 11.6. The fraction of sp³-hybridized carbons (Fsp3) is 0.375. The van der Waals surface area contributed by atoms with Gasteiger partial charge in [-0.15, -0.1) is 0 Å². The van der Waals surface area contributed by atoms with Gasteiger partial charge < -0.3 is 10.2 Å². The normalized spacial score (nSPS) is 20.2. The number of piperidine rings is 1. The van der Waals surface area contributed by atoms with Crippen LogP contribution in [0.2, 0.25) is 0 Å². The van der Waals surface area contributed by atoms with Gasteiger partial charge in [-0.3, -0.25) is 4.98 Å². The summed E-state index contributed by atoms with van der Waals surface area (Å²) in [6.45, 7) is 4.26. The molecule has 20 heavy (non-hydrogen) atoms. The Kier molecular flexibility index (Phi) is 2.62. The van der Waals surface area contributed by atoms with Gasteiger partial charge in [-0.25, -0.2) is 4.98 Å². The van der Waals surface area contributed by atoms with Crippen molar-refractivity contribution in [1.82, 2.24) is 9.97 Å². The number of rotatable bonds is 1. The van der Waals surface area contributed by atoms with E-state index in [1.165, 1.54) is 18.5 Å². The van der Waals surface area contributed by atoms with Crippen LogP contribution in [0.5, 0.6) is 0 Å². The third-order valence-corrected chi connectivity index (χ3v) is 4.18. The Morgan fingerprint density at radius 2 is 2.20 bits per heavy atom. The molecule has 2 aromatic heterocycles. The lowest BCUT2D eigenvalue weighted by molar-refractivity contribution is 0.516. The Morgan fingerprint density at radius 3 is 3.05 bits per heavy atom. The van der Waals surface area contributed by atoms with Gasteiger partial charge in [0.1, 0.15) is 0 Å². The number of hydrogen-bond donors (Lipinski definition) is 1. The van der Waals surface area contributed by atoms with Gasteiger partial charge in [0.2, 0.25) is 0 Å². The van der Waals surface area contributed by atoms with Crippen molar-refractivity contribution < 1.29 is 0 Å². The highest BCUT2D eigenvalue weighted by molar-refractivity contribution is 5.73. The van der Waals surface area contributed by atoms with Crippen molar-refractivity contribution in [2.45, 2.75) is 25.8 Å². The molecule has 0 amide bonds. The lowest BCUT2D eigenvalue weighted by Crippen LogP contribution is -2.46. The Balaban J connectivity index is 1.74. The summed E-state index contributed by atoms with van der Waals surface area (Å²) >= 11 is 0. The molecule has 1 N–H and O–H groups in total. The average molecular weight is 266 g/mol. The predicted octanol–water partition coefficient (Wildman–Crippen LogP) is 2.85. The highest BCUT2D eigenvalue weighted by atomic mass is 15.2. The van der Waals surface area contributed by atoms with Crippen molar-refractivity contribution in [1.29, 1.82) is 0 Å². The van der Waals surface area contributed by atoms with Crippen molar-refractivity contribution in [2.24, 2.45) is 0 Å².